The van der Waals surface area contributed by atoms with Crippen LogP contribution in [0.25, 0.3) is 16.5 Å². The highest BCUT2D eigenvalue weighted by molar-refractivity contribution is 6.31. The molecule has 0 spiro atoms. The summed E-state index contributed by atoms with van der Waals surface area (Å²) in [5.41, 5.74) is 5.27. The van der Waals surface area contributed by atoms with E-state index in [1.165, 1.54) is 0 Å². The Hall–Kier alpha value is -3.05. The van der Waals surface area contributed by atoms with Crippen LogP contribution in [0, 0.1) is 0 Å². The molecule has 0 fully saturated rings. The first-order valence-electron chi connectivity index (χ1n) is 9.25. The van der Waals surface area contributed by atoms with Crippen LogP contribution >= 0.6 is 11.6 Å². The van der Waals surface area contributed by atoms with Crippen LogP contribution in [-0.2, 0) is 16.0 Å². The van der Waals surface area contributed by atoms with Gasteiger partial charge in [0.2, 0.25) is 11.8 Å². The summed E-state index contributed by atoms with van der Waals surface area (Å²) in [5, 5.41) is 7.42. The second-order valence-corrected chi connectivity index (χ2v) is 7.28. The van der Waals surface area contributed by atoms with Crippen molar-refractivity contribution in [1.82, 2.24) is 4.98 Å². The van der Waals surface area contributed by atoms with Crippen molar-refractivity contribution in [3.05, 3.63) is 64.8 Å². The number of fused-ring (bicyclic) bond motifs is 2. The lowest BCUT2D eigenvalue weighted by molar-refractivity contribution is -0.116. The summed E-state index contributed by atoms with van der Waals surface area (Å²) in [6, 6.07) is 13.3. The number of carbonyl (C=O) groups excluding carboxylic acids is 2. The lowest BCUT2D eigenvalue weighted by atomic mass is 10.0. The summed E-state index contributed by atoms with van der Waals surface area (Å²) >= 11 is 6.06. The van der Waals surface area contributed by atoms with Gasteiger partial charge in [0.1, 0.15) is 0 Å². The van der Waals surface area contributed by atoms with E-state index in [4.69, 9.17) is 11.6 Å². The number of carbonyl (C=O) groups is 2. The van der Waals surface area contributed by atoms with Crippen molar-refractivity contribution >= 4 is 51.3 Å². The number of aromatic amines is 1. The Morgan fingerprint density at radius 1 is 1.18 bits per heavy atom. The average Bonchev–Trinajstić information content (AvgIpc) is 3.08. The van der Waals surface area contributed by atoms with E-state index in [0.29, 0.717) is 23.6 Å². The first-order valence-corrected chi connectivity index (χ1v) is 9.62. The Labute approximate surface area is 167 Å². The number of rotatable bonds is 4. The van der Waals surface area contributed by atoms with Crippen molar-refractivity contribution < 1.29 is 9.59 Å². The highest BCUT2D eigenvalue weighted by Crippen LogP contribution is 2.27. The fourth-order valence-corrected chi connectivity index (χ4v) is 3.61. The van der Waals surface area contributed by atoms with Gasteiger partial charge in [-0.05, 0) is 60.4 Å². The first-order chi connectivity index (χ1) is 13.5. The molecule has 2 heterocycles. The number of H-pyrrole nitrogens is 1. The molecule has 0 radical (unpaired) electrons. The van der Waals surface area contributed by atoms with Gasteiger partial charge in [0, 0.05) is 45.5 Å². The van der Waals surface area contributed by atoms with Gasteiger partial charge in [-0.1, -0.05) is 24.6 Å². The molecule has 0 bridgehead atoms. The SMILES string of the molecule is CC/C(=C\C(=O)Nc1ccc2c(c1)NC(=O)CC2)c1cc2cc(Cl)ccc2[nH]1. The van der Waals surface area contributed by atoms with E-state index in [2.05, 4.69) is 15.6 Å². The van der Waals surface area contributed by atoms with Crippen molar-refractivity contribution in [3.63, 3.8) is 0 Å². The van der Waals surface area contributed by atoms with E-state index >= 15 is 0 Å². The number of aryl methyl sites for hydroxylation is 1. The van der Waals surface area contributed by atoms with Crippen molar-refractivity contribution in [2.75, 3.05) is 10.6 Å². The van der Waals surface area contributed by atoms with E-state index < -0.39 is 0 Å². The predicted octanol–water partition coefficient (Wildman–Crippen LogP) is 5.14. The predicted molar refractivity (Wildman–Crippen MR) is 114 cm³/mol. The van der Waals surface area contributed by atoms with Crippen molar-refractivity contribution in [2.24, 2.45) is 0 Å². The van der Waals surface area contributed by atoms with Crippen LogP contribution in [0.4, 0.5) is 11.4 Å². The Balaban J connectivity index is 1.55. The van der Waals surface area contributed by atoms with Gasteiger partial charge in [0.25, 0.3) is 0 Å². The van der Waals surface area contributed by atoms with E-state index in [-0.39, 0.29) is 11.8 Å². The van der Waals surface area contributed by atoms with E-state index in [9.17, 15) is 9.59 Å². The monoisotopic (exact) mass is 393 g/mol. The second kappa shape index (κ2) is 7.52. The maximum atomic E-state index is 12.5. The zero-order valence-electron chi connectivity index (χ0n) is 15.4. The molecule has 1 aliphatic heterocycles. The molecule has 6 heteroatoms. The van der Waals surface area contributed by atoms with Crippen LogP contribution in [0.5, 0.6) is 0 Å². The van der Waals surface area contributed by atoms with Gasteiger partial charge in [-0.3, -0.25) is 9.59 Å². The molecule has 28 heavy (non-hydrogen) atoms. The summed E-state index contributed by atoms with van der Waals surface area (Å²) < 4.78 is 0. The van der Waals surface area contributed by atoms with Gasteiger partial charge in [-0.25, -0.2) is 0 Å². The molecular formula is C22H20ClN3O2. The lowest BCUT2D eigenvalue weighted by Gasteiger charge is -2.17. The van der Waals surface area contributed by atoms with Crippen molar-refractivity contribution in [3.8, 4) is 0 Å². The maximum absolute atomic E-state index is 12.5. The van der Waals surface area contributed by atoms with E-state index in [0.717, 1.165) is 39.8 Å². The van der Waals surface area contributed by atoms with Gasteiger partial charge in [0.15, 0.2) is 0 Å². The summed E-state index contributed by atoms with van der Waals surface area (Å²) in [6.07, 6.45) is 3.52. The third kappa shape index (κ3) is 3.80. The van der Waals surface area contributed by atoms with Crippen molar-refractivity contribution in [1.29, 1.82) is 0 Å². The number of amides is 2. The van der Waals surface area contributed by atoms with Gasteiger partial charge >= 0.3 is 0 Å². The molecule has 5 nitrogen and oxygen atoms in total. The quantitative estimate of drug-likeness (QED) is 0.537. The maximum Gasteiger partial charge on any atom is 0.248 e. The highest BCUT2D eigenvalue weighted by Gasteiger charge is 2.15. The largest absolute Gasteiger partial charge is 0.355 e. The van der Waals surface area contributed by atoms with Crippen LogP contribution in [0.3, 0.4) is 0 Å². The van der Waals surface area contributed by atoms with Crippen molar-refractivity contribution in [2.45, 2.75) is 26.2 Å². The van der Waals surface area contributed by atoms with Crippen LogP contribution in [0.15, 0.2) is 48.5 Å². The minimum absolute atomic E-state index is 0.00283. The molecule has 3 aromatic rings. The Morgan fingerprint density at radius 2 is 2.04 bits per heavy atom. The number of hydrogen-bond acceptors (Lipinski definition) is 2. The molecule has 0 saturated carbocycles. The summed E-state index contributed by atoms with van der Waals surface area (Å²) in [6.45, 7) is 2.01. The molecule has 2 aromatic carbocycles. The molecule has 3 N–H and O–H groups in total. The van der Waals surface area contributed by atoms with E-state index in [1.54, 1.807) is 12.1 Å². The Bertz CT molecular complexity index is 1110. The number of allylic oxidation sites excluding steroid dienone is 1. The van der Waals surface area contributed by atoms with Crippen LogP contribution in [0.1, 0.15) is 31.0 Å². The van der Waals surface area contributed by atoms with Gasteiger partial charge in [-0.15, -0.1) is 0 Å². The number of nitrogens with one attached hydrogen (secondary N) is 3. The number of anilines is 2. The average molecular weight is 394 g/mol. The molecule has 0 unspecified atom stereocenters. The zero-order valence-corrected chi connectivity index (χ0v) is 16.2. The Kier molecular flexibility index (Phi) is 4.92. The molecule has 0 saturated heterocycles. The molecule has 0 aliphatic carbocycles. The standard InChI is InChI=1S/C22H20ClN3O2/c1-2-13(19-10-15-9-16(23)5-7-18(15)25-19)11-22(28)24-17-6-3-14-4-8-21(27)26-20(14)12-17/h3,5-7,9-12,25H,2,4,8H2,1H3,(H,24,28)(H,26,27)/b13-11+. The normalized spacial score (nSPS) is 13.9. The molecule has 0 atom stereocenters. The molecular weight excluding hydrogens is 374 g/mol. The Morgan fingerprint density at radius 3 is 2.86 bits per heavy atom. The molecule has 1 aromatic heterocycles. The van der Waals surface area contributed by atoms with E-state index in [1.807, 2.05) is 43.3 Å². The summed E-state index contributed by atoms with van der Waals surface area (Å²) in [7, 11) is 0. The van der Waals surface area contributed by atoms with Crippen LogP contribution < -0.4 is 10.6 Å². The number of hydrogen-bond donors (Lipinski definition) is 3. The first kappa shape index (κ1) is 18.3. The minimum atomic E-state index is -0.212. The highest BCUT2D eigenvalue weighted by atomic mass is 35.5. The summed E-state index contributed by atoms with van der Waals surface area (Å²) in [4.78, 5) is 27.5. The summed E-state index contributed by atoms with van der Waals surface area (Å²) in [5.74, 6) is -0.210. The van der Waals surface area contributed by atoms with Gasteiger partial charge in [-0.2, -0.15) is 0 Å². The molecule has 2 amide bonds. The smallest absolute Gasteiger partial charge is 0.248 e. The molecule has 4 rings (SSSR count). The fourth-order valence-electron chi connectivity index (χ4n) is 3.43. The van der Waals surface area contributed by atoms with Crippen LogP contribution in [-0.4, -0.2) is 16.8 Å². The number of aromatic nitrogens is 1. The molecule has 142 valence electrons. The number of halogens is 1. The third-order valence-corrected chi connectivity index (χ3v) is 5.12. The van der Waals surface area contributed by atoms with Gasteiger partial charge in [0.05, 0.1) is 0 Å². The van der Waals surface area contributed by atoms with Crippen LogP contribution in [0.2, 0.25) is 5.02 Å². The lowest BCUT2D eigenvalue weighted by Crippen LogP contribution is -2.19. The van der Waals surface area contributed by atoms with Gasteiger partial charge < -0.3 is 15.6 Å². The molecule has 1 aliphatic rings. The third-order valence-electron chi connectivity index (χ3n) is 4.89. The second-order valence-electron chi connectivity index (χ2n) is 6.85. The minimum Gasteiger partial charge on any atom is -0.355 e. The number of benzene rings is 2. The zero-order chi connectivity index (χ0) is 19.7. The fraction of sp³-hybridized carbons (Fsp3) is 0.182. The topological polar surface area (TPSA) is 74.0 Å².